The molecule has 0 heterocycles. The molecule has 0 aromatic carbocycles. The molecule has 0 fully saturated rings. The Bertz CT molecular complexity index is 295. The quantitative estimate of drug-likeness (QED) is 0.610. The predicted octanol–water partition coefficient (Wildman–Crippen LogP) is 0.459. The summed E-state index contributed by atoms with van der Waals surface area (Å²) < 4.78 is 4.89. The van der Waals surface area contributed by atoms with Crippen LogP contribution in [0.1, 0.15) is 20.8 Å². The Balaban J connectivity index is 4.38. The number of carboxylic acids is 1. The molecule has 2 amide bonds. The molecule has 0 saturated heterocycles. The first kappa shape index (κ1) is 18.7. The average molecular weight is 289 g/mol. The number of urea groups is 1. The van der Waals surface area contributed by atoms with Gasteiger partial charge < -0.3 is 25.0 Å². The summed E-state index contributed by atoms with van der Waals surface area (Å²) in [5.41, 5.74) is 0. The van der Waals surface area contributed by atoms with Gasteiger partial charge >= 0.3 is 12.0 Å². The van der Waals surface area contributed by atoms with Gasteiger partial charge in [0.1, 0.15) is 6.54 Å². The third-order valence-corrected chi connectivity index (χ3v) is 2.98. The van der Waals surface area contributed by atoms with E-state index in [0.29, 0.717) is 6.61 Å². The molecule has 7 nitrogen and oxygen atoms in total. The molecule has 0 aliphatic carbocycles. The van der Waals surface area contributed by atoms with Crippen LogP contribution in [-0.2, 0) is 9.53 Å². The number of methoxy groups -OCH3 is 1. The number of carbonyl (C=O) groups is 2. The smallest absolute Gasteiger partial charge is 0.323 e. The minimum Gasteiger partial charge on any atom is -0.480 e. The van der Waals surface area contributed by atoms with Crippen molar-refractivity contribution in [1.82, 2.24) is 15.1 Å². The van der Waals surface area contributed by atoms with Gasteiger partial charge in [-0.25, -0.2) is 4.79 Å². The lowest BCUT2D eigenvalue weighted by atomic mass is 10.3. The van der Waals surface area contributed by atoms with E-state index in [-0.39, 0.29) is 25.2 Å². The first-order valence-electron chi connectivity index (χ1n) is 6.93. The predicted molar refractivity (Wildman–Crippen MR) is 76.9 cm³/mol. The first-order chi connectivity index (χ1) is 9.44. The van der Waals surface area contributed by atoms with E-state index in [2.05, 4.69) is 24.1 Å². The molecule has 7 heteroatoms. The SMILES string of the molecule is CCN(CC)CC(C)NC(=O)N(CCOC)CC(=O)O. The van der Waals surface area contributed by atoms with Crippen LogP contribution in [0, 0.1) is 0 Å². The highest BCUT2D eigenvalue weighted by Gasteiger charge is 2.18. The van der Waals surface area contributed by atoms with Crippen LogP contribution >= 0.6 is 0 Å². The molecular formula is C13H27N3O4. The Kier molecular flexibility index (Phi) is 9.75. The fraction of sp³-hybridized carbons (Fsp3) is 0.846. The number of amides is 2. The van der Waals surface area contributed by atoms with Crippen molar-refractivity contribution in [3.8, 4) is 0 Å². The zero-order chi connectivity index (χ0) is 15.5. The second-order valence-electron chi connectivity index (χ2n) is 4.64. The van der Waals surface area contributed by atoms with Crippen molar-refractivity contribution in [2.75, 3.05) is 46.4 Å². The first-order valence-corrected chi connectivity index (χ1v) is 6.93. The molecule has 20 heavy (non-hydrogen) atoms. The Morgan fingerprint density at radius 2 is 1.90 bits per heavy atom. The van der Waals surface area contributed by atoms with Gasteiger partial charge in [0.2, 0.25) is 0 Å². The van der Waals surface area contributed by atoms with Crippen LogP contribution in [0.25, 0.3) is 0 Å². The Morgan fingerprint density at radius 3 is 2.35 bits per heavy atom. The molecule has 0 aromatic rings. The molecule has 0 aromatic heterocycles. The van der Waals surface area contributed by atoms with Crippen molar-refractivity contribution in [2.24, 2.45) is 0 Å². The van der Waals surface area contributed by atoms with Gasteiger partial charge in [-0.3, -0.25) is 4.79 Å². The standard InChI is InChI=1S/C13H27N3O4/c1-5-15(6-2)9-11(3)14-13(19)16(7-8-20-4)10-12(17)18/h11H,5-10H2,1-4H3,(H,14,19)(H,17,18). The fourth-order valence-electron chi connectivity index (χ4n) is 1.83. The summed E-state index contributed by atoms with van der Waals surface area (Å²) >= 11 is 0. The molecule has 0 spiro atoms. The van der Waals surface area contributed by atoms with Gasteiger partial charge in [0.15, 0.2) is 0 Å². The number of carbonyl (C=O) groups excluding carboxylic acids is 1. The number of aliphatic carboxylic acids is 1. The van der Waals surface area contributed by atoms with E-state index < -0.39 is 5.97 Å². The van der Waals surface area contributed by atoms with E-state index >= 15 is 0 Å². The van der Waals surface area contributed by atoms with Crippen LogP contribution in [0.2, 0.25) is 0 Å². The van der Waals surface area contributed by atoms with E-state index in [1.165, 1.54) is 12.0 Å². The largest absolute Gasteiger partial charge is 0.480 e. The Hall–Kier alpha value is -1.34. The molecule has 0 radical (unpaired) electrons. The second kappa shape index (κ2) is 10.4. The van der Waals surface area contributed by atoms with Gasteiger partial charge in [-0.05, 0) is 20.0 Å². The highest BCUT2D eigenvalue weighted by molar-refractivity contribution is 5.80. The Labute approximate surface area is 120 Å². The normalized spacial score (nSPS) is 12.2. The van der Waals surface area contributed by atoms with Gasteiger partial charge in [-0.2, -0.15) is 0 Å². The number of rotatable bonds is 10. The lowest BCUT2D eigenvalue weighted by Crippen LogP contribution is -2.50. The third-order valence-electron chi connectivity index (χ3n) is 2.98. The van der Waals surface area contributed by atoms with Gasteiger partial charge in [0.25, 0.3) is 0 Å². The highest BCUT2D eigenvalue weighted by Crippen LogP contribution is 1.96. The van der Waals surface area contributed by atoms with E-state index in [0.717, 1.165) is 19.6 Å². The van der Waals surface area contributed by atoms with Crippen LogP contribution in [0.5, 0.6) is 0 Å². The summed E-state index contributed by atoms with van der Waals surface area (Å²) in [7, 11) is 1.51. The summed E-state index contributed by atoms with van der Waals surface area (Å²) in [6.45, 7) is 8.85. The van der Waals surface area contributed by atoms with Crippen LogP contribution in [0.4, 0.5) is 4.79 Å². The van der Waals surface area contributed by atoms with Crippen molar-refractivity contribution >= 4 is 12.0 Å². The topological polar surface area (TPSA) is 82.1 Å². The fourth-order valence-corrected chi connectivity index (χ4v) is 1.83. The average Bonchev–Trinajstić information content (AvgIpc) is 2.40. The molecular weight excluding hydrogens is 262 g/mol. The molecule has 0 aliphatic heterocycles. The van der Waals surface area contributed by atoms with Gasteiger partial charge in [0.05, 0.1) is 6.61 Å². The number of ether oxygens (including phenoxy) is 1. The summed E-state index contributed by atoms with van der Waals surface area (Å²) in [5.74, 6) is -1.03. The lowest BCUT2D eigenvalue weighted by Gasteiger charge is -2.27. The van der Waals surface area contributed by atoms with Crippen molar-refractivity contribution in [1.29, 1.82) is 0 Å². The molecule has 0 aliphatic rings. The molecule has 2 N–H and O–H groups in total. The molecule has 1 unspecified atom stereocenters. The van der Waals surface area contributed by atoms with Crippen LogP contribution in [0.15, 0.2) is 0 Å². The van der Waals surface area contributed by atoms with Crippen LogP contribution in [-0.4, -0.2) is 79.4 Å². The van der Waals surface area contributed by atoms with Gasteiger partial charge in [-0.1, -0.05) is 13.8 Å². The lowest BCUT2D eigenvalue weighted by molar-refractivity contribution is -0.137. The molecule has 0 saturated carbocycles. The van der Waals surface area contributed by atoms with Crippen molar-refractivity contribution in [3.63, 3.8) is 0 Å². The zero-order valence-corrected chi connectivity index (χ0v) is 12.9. The molecule has 1 atom stereocenters. The maximum Gasteiger partial charge on any atom is 0.323 e. The van der Waals surface area contributed by atoms with Gasteiger partial charge in [0, 0.05) is 26.2 Å². The monoisotopic (exact) mass is 289 g/mol. The van der Waals surface area contributed by atoms with E-state index in [1.807, 2.05) is 6.92 Å². The summed E-state index contributed by atoms with van der Waals surface area (Å²) in [4.78, 5) is 26.2. The number of likely N-dealkylation sites (N-methyl/N-ethyl adjacent to an activating group) is 1. The molecule has 0 rings (SSSR count). The maximum atomic E-state index is 12.0. The van der Waals surface area contributed by atoms with E-state index in [4.69, 9.17) is 9.84 Å². The molecule has 0 bridgehead atoms. The Morgan fingerprint density at radius 1 is 1.30 bits per heavy atom. The van der Waals surface area contributed by atoms with E-state index in [1.54, 1.807) is 0 Å². The van der Waals surface area contributed by atoms with Crippen LogP contribution < -0.4 is 5.32 Å². The van der Waals surface area contributed by atoms with Crippen molar-refractivity contribution < 1.29 is 19.4 Å². The number of hydrogen-bond donors (Lipinski definition) is 2. The zero-order valence-electron chi connectivity index (χ0n) is 12.9. The number of carboxylic acid groups (broad SMARTS) is 1. The second-order valence-corrected chi connectivity index (χ2v) is 4.64. The minimum absolute atomic E-state index is 0.0405. The number of hydrogen-bond acceptors (Lipinski definition) is 4. The van der Waals surface area contributed by atoms with Gasteiger partial charge in [-0.15, -0.1) is 0 Å². The van der Waals surface area contributed by atoms with E-state index in [9.17, 15) is 9.59 Å². The number of nitrogens with zero attached hydrogens (tertiary/aromatic N) is 2. The number of nitrogens with one attached hydrogen (secondary N) is 1. The highest BCUT2D eigenvalue weighted by atomic mass is 16.5. The summed E-state index contributed by atoms with van der Waals surface area (Å²) in [6.07, 6.45) is 0. The minimum atomic E-state index is -1.03. The van der Waals surface area contributed by atoms with Crippen LogP contribution in [0.3, 0.4) is 0 Å². The maximum absolute atomic E-state index is 12.0. The summed E-state index contributed by atoms with van der Waals surface area (Å²) in [6, 6.07) is -0.412. The van der Waals surface area contributed by atoms with Crippen molar-refractivity contribution in [3.05, 3.63) is 0 Å². The third kappa shape index (κ3) is 7.96. The van der Waals surface area contributed by atoms with Crippen molar-refractivity contribution in [2.45, 2.75) is 26.8 Å². The summed E-state index contributed by atoms with van der Waals surface area (Å²) in [5, 5.41) is 11.6. The molecule has 118 valence electrons.